The summed E-state index contributed by atoms with van der Waals surface area (Å²) in [6, 6.07) is 9.22. The van der Waals surface area contributed by atoms with Crippen LogP contribution >= 0.6 is 11.3 Å². The van der Waals surface area contributed by atoms with Crippen LogP contribution in [0.3, 0.4) is 0 Å². The normalized spacial score (nSPS) is 10.2. The molecule has 0 bridgehead atoms. The van der Waals surface area contributed by atoms with Crippen LogP contribution in [0.1, 0.15) is 31.2 Å². The van der Waals surface area contributed by atoms with Gasteiger partial charge in [0.15, 0.2) is 0 Å². The highest BCUT2D eigenvalue weighted by atomic mass is 32.1. The second kappa shape index (κ2) is 7.04. The molecule has 21 heavy (non-hydrogen) atoms. The zero-order valence-corrected chi connectivity index (χ0v) is 12.9. The lowest BCUT2D eigenvalue weighted by Crippen LogP contribution is -2.34. The molecule has 0 unspecified atom stereocenters. The highest BCUT2D eigenvalue weighted by Crippen LogP contribution is 2.09. The minimum absolute atomic E-state index is 0.106. The Morgan fingerprint density at radius 1 is 1.00 bits per heavy atom. The predicted molar refractivity (Wildman–Crippen MR) is 84.9 cm³/mol. The summed E-state index contributed by atoms with van der Waals surface area (Å²) >= 11 is 1.40. The van der Waals surface area contributed by atoms with Gasteiger partial charge in [-0.05, 0) is 48.6 Å². The largest absolute Gasteiger partial charge is 0.350 e. The van der Waals surface area contributed by atoms with Crippen molar-refractivity contribution in [2.45, 2.75) is 13.8 Å². The monoisotopic (exact) mass is 302 g/mol. The van der Waals surface area contributed by atoms with Crippen LogP contribution in [0.15, 0.2) is 35.7 Å². The van der Waals surface area contributed by atoms with Gasteiger partial charge < -0.3 is 10.6 Å². The number of benzene rings is 1. The summed E-state index contributed by atoms with van der Waals surface area (Å²) < 4.78 is 0. The van der Waals surface area contributed by atoms with Gasteiger partial charge in [0.2, 0.25) is 0 Å². The molecule has 0 aliphatic rings. The summed E-state index contributed by atoms with van der Waals surface area (Å²) in [5.74, 6) is -0.228. The van der Waals surface area contributed by atoms with E-state index in [4.69, 9.17) is 0 Å². The third-order valence-electron chi connectivity index (χ3n) is 3.21. The fraction of sp³-hybridized carbons (Fsp3) is 0.250. The van der Waals surface area contributed by atoms with Crippen molar-refractivity contribution < 1.29 is 9.59 Å². The highest BCUT2D eigenvalue weighted by molar-refractivity contribution is 7.12. The predicted octanol–water partition coefficient (Wildman–Crippen LogP) is 2.52. The SMILES string of the molecule is Cc1ccc(C(=O)NCCNC(=O)c2cccs2)cc1C. The zero-order valence-electron chi connectivity index (χ0n) is 12.1. The third kappa shape index (κ3) is 4.16. The fourth-order valence-electron chi connectivity index (χ4n) is 1.83. The fourth-order valence-corrected chi connectivity index (χ4v) is 2.47. The molecule has 0 atom stereocenters. The van der Waals surface area contributed by atoms with Crippen molar-refractivity contribution in [2.24, 2.45) is 0 Å². The van der Waals surface area contributed by atoms with E-state index in [0.29, 0.717) is 23.5 Å². The summed E-state index contributed by atoms with van der Waals surface area (Å²) in [4.78, 5) is 24.3. The number of carbonyl (C=O) groups is 2. The summed E-state index contributed by atoms with van der Waals surface area (Å²) in [6.07, 6.45) is 0. The Bertz CT molecular complexity index is 636. The van der Waals surface area contributed by atoms with Crippen LogP contribution in [0, 0.1) is 13.8 Å². The molecule has 0 spiro atoms. The van der Waals surface area contributed by atoms with Crippen LogP contribution < -0.4 is 10.6 Å². The van der Waals surface area contributed by atoms with E-state index in [-0.39, 0.29) is 11.8 Å². The molecule has 0 fully saturated rings. The molecule has 0 saturated heterocycles. The number of aryl methyl sites for hydroxylation is 2. The Labute approximate surface area is 128 Å². The Morgan fingerprint density at radius 3 is 2.33 bits per heavy atom. The number of nitrogens with one attached hydrogen (secondary N) is 2. The van der Waals surface area contributed by atoms with E-state index in [9.17, 15) is 9.59 Å². The van der Waals surface area contributed by atoms with Crippen molar-refractivity contribution >= 4 is 23.2 Å². The molecule has 5 heteroatoms. The van der Waals surface area contributed by atoms with Gasteiger partial charge in [0.05, 0.1) is 4.88 Å². The Kier molecular flexibility index (Phi) is 5.11. The van der Waals surface area contributed by atoms with Gasteiger partial charge in [-0.3, -0.25) is 9.59 Å². The van der Waals surface area contributed by atoms with Crippen molar-refractivity contribution in [1.29, 1.82) is 0 Å². The molecule has 0 radical (unpaired) electrons. The highest BCUT2D eigenvalue weighted by Gasteiger charge is 2.07. The lowest BCUT2D eigenvalue weighted by molar-refractivity contribution is 0.0929. The molecule has 1 aromatic heterocycles. The summed E-state index contributed by atoms with van der Waals surface area (Å²) in [5, 5.41) is 7.42. The Morgan fingerprint density at radius 2 is 1.71 bits per heavy atom. The van der Waals surface area contributed by atoms with Crippen LogP contribution in [0.25, 0.3) is 0 Å². The van der Waals surface area contributed by atoms with E-state index in [2.05, 4.69) is 10.6 Å². The van der Waals surface area contributed by atoms with Crippen molar-refractivity contribution in [3.8, 4) is 0 Å². The number of hydrogen-bond acceptors (Lipinski definition) is 3. The minimum Gasteiger partial charge on any atom is -0.350 e. The molecule has 110 valence electrons. The maximum atomic E-state index is 12.0. The maximum Gasteiger partial charge on any atom is 0.261 e. The van der Waals surface area contributed by atoms with Crippen LogP contribution in [0.4, 0.5) is 0 Å². The zero-order chi connectivity index (χ0) is 15.2. The van der Waals surface area contributed by atoms with Crippen molar-refractivity contribution in [2.75, 3.05) is 13.1 Å². The van der Waals surface area contributed by atoms with Gasteiger partial charge in [-0.1, -0.05) is 12.1 Å². The molecule has 0 aliphatic heterocycles. The molecular formula is C16H18N2O2S. The third-order valence-corrected chi connectivity index (χ3v) is 4.08. The van der Waals surface area contributed by atoms with Gasteiger partial charge in [0.1, 0.15) is 0 Å². The first-order valence-electron chi connectivity index (χ1n) is 6.75. The van der Waals surface area contributed by atoms with Gasteiger partial charge >= 0.3 is 0 Å². The van der Waals surface area contributed by atoms with Crippen molar-refractivity contribution in [3.05, 3.63) is 57.3 Å². The number of amides is 2. The quantitative estimate of drug-likeness (QED) is 0.834. The van der Waals surface area contributed by atoms with E-state index in [1.165, 1.54) is 11.3 Å². The molecule has 2 aromatic rings. The molecule has 0 aliphatic carbocycles. The second-order valence-electron chi connectivity index (χ2n) is 4.79. The first-order chi connectivity index (χ1) is 10.1. The molecular weight excluding hydrogens is 284 g/mol. The molecule has 0 saturated carbocycles. The van der Waals surface area contributed by atoms with Crippen LogP contribution in [-0.4, -0.2) is 24.9 Å². The molecule has 2 amide bonds. The molecule has 2 N–H and O–H groups in total. The first kappa shape index (κ1) is 15.3. The smallest absolute Gasteiger partial charge is 0.261 e. The van der Waals surface area contributed by atoms with E-state index >= 15 is 0 Å². The molecule has 4 nitrogen and oxygen atoms in total. The van der Waals surface area contributed by atoms with Crippen molar-refractivity contribution in [3.63, 3.8) is 0 Å². The average molecular weight is 302 g/mol. The van der Waals surface area contributed by atoms with Crippen LogP contribution in [0.2, 0.25) is 0 Å². The lowest BCUT2D eigenvalue weighted by Gasteiger charge is -2.08. The number of rotatable bonds is 5. The molecule has 1 aromatic carbocycles. The Hall–Kier alpha value is -2.14. The van der Waals surface area contributed by atoms with Gasteiger partial charge in [-0.2, -0.15) is 0 Å². The van der Waals surface area contributed by atoms with E-state index in [0.717, 1.165) is 11.1 Å². The van der Waals surface area contributed by atoms with Crippen LogP contribution in [-0.2, 0) is 0 Å². The Balaban J connectivity index is 1.77. The standard InChI is InChI=1S/C16H18N2O2S/c1-11-5-6-13(10-12(11)2)15(19)17-7-8-18-16(20)14-4-3-9-21-14/h3-6,9-10H,7-8H2,1-2H3,(H,17,19)(H,18,20). The summed E-state index contributed by atoms with van der Waals surface area (Å²) in [6.45, 7) is 4.81. The summed E-state index contributed by atoms with van der Waals surface area (Å²) in [5.41, 5.74) is 2.89. The first-order valence-corrected chi connectivity index (χ1v) is 7.63. The molecule has 2 rings (SSSR count). The topological polar surface area (TPSA) is 58.2 Å². The second-order valence-corrected chi connectivity index (χ2v) is 5.74. The minimum atomic E-state index is -0.122. The average Bonchev–Trinajstić information content (AvgIpc) is 3.00. The molecule has 1 heterocycles. The van der Waals surface area contributed by atoms with E-state index < -0.39 is 0 Å². The number of hydrogen-bond donors (Lipinski definition) is 2. The maximum absolute atomic E-state index is 12.0. The van der Waals surface area contributed by atoms with Gasteiger partial charge in [-0.25, -0.2) is 0 Å². The van der Waals surface area contributed by atoms with Gasteiger partial charge in [0, 0.05) is 18.7 Å². The van der Waals surface area contributed by atoms with Gasteiger partial charge in [0.25, 0.3) is 11.8 Å². The van der Waals surface area contributed by atoms with Crippen molar-refractivity contribution in [1.82, 2.24) is 10.6 Å². The summed E-state index contributed by atoms with van der Waals surface area (Å²) in [7, 11) is 0. The lowest BCUT2D eigenvalue weighted by atomic mass is 10.1. The van der Waals surface area contributed by atoms with Gasteiger partial charge in [-0.15, -0.1) is 11.3 Å². The number of carbonyl (C=O) groups excluding carboxylic acids is 2. The number of thiophene rings is 1. The van der Waals surface area contributed by atoms with E-state index in [1.807, 2.05) is 43.5 Å². The van der Waals surface area contributed by atoms with E-state index in [1.54, 1.807) is 6.07 Å². The van der Waals surface area contributed by atoms with Crippen LogP contribution in [0.5, 0.6) is 0 Å².